The molecule has 2 nitrogen and oxygen atoms in total. The highest BCUT2D eigenvalue weighted by Crippen LogP contribution is 1.81. The average molecular weight is 160 g/mol. The number of hydrogen-bond donors (Lipinski definition) is 1. The van der Waals surface area contributed by atoms with E-state index < -0.39 is 5.97 Å². The van der Waals surface area contributed by atoms with Gasteiger partial charge in [0, 0.05) is 15.8 Å². The zero-order valence-electron chi connectivity index (χ0n) is 6.98. The summed E-state index contributed by atoms with van der Waals surface area (Å²) in [6.07, 6.45) is 1.38. The van der Waals surface area contributed by atoms with E-state index in [9.17, 15) is 4.79 Å². The van der Waals surface area contributed by atoms with E-state index in [1.165, 1.54) is 29.6 Å². The first-order chi connectivity index (χ1) is 4.56. The van der Waals surface area contributed by atoms with Crippen molar-refractivity contribution < 1.29 is 9.90 Å². The zero-order valence-corrected chi connectivity index (χ0v) is 8.98. The molecule has 0 aromatic carbocycles. The van der Waals surface area contributed by atoms with Crippen LogP contribution in [0, 0.1) is 0 Å². The molecule has 0 bridgehead atoms. The predicted octanol–water partition coefficient (Wildman–Crippen LogP) is 0.827. The van der Waals surface area contributed by atoms with Crippen LogP contribution in [0.4, 0.5) is 0 Å². The van der Waals surface area contributed by atoms with E-state index >= 15 is 0 Å². The lowest BCUT2D eigenvalue weighted by atomic mass is 10.4. The highest BCUT2D eigenvalue weighted by atomic mass is 28.1. The summed E-state index contributed by atoms with van der Waals surface area (Å²) >= 11 is 0. The second-order valence-electron chi connectivity index (χ2n) is 2.09. The van der Waals surface area contributed by atoms with E-state index in [1.807, 2.05) is 0 Å². The van der Waals surface area contributed by atoms with Crippen LogP contribution in [-0.4, -0.2) is 21.3 Å². The van der Waals surface area contributed by atoms with Gasteiger partial charge >= 0.3 is 5.97 Å². The maximum atomic E-state index is 9.60. The lowest BCUT2D eigenvalue weighted by molar-refractivity contribution is -0.132. The van der Waals surface area contributed by atoms with Crippen LogP contribution in [0.25, 0.3) is 0 Å². The SMILES string of the molecule is C=C(C)C(=O)O.CCC[SiH3]. The Morgan fingerprint density at radius 3 is 1.90 bits per heavy atom. The molecule has 0 saturated heterocycles. The van der Waals surface area contributed by atoms with Crippen molar-refractivity contribution in [2.75, 3.05) is 0 Å². The van der Waals surface area contributed by atoms with E-state index in [1.54, 1.807) is 0 Å². The first-order valence-corrected chi connectivity index (χ1v) is 4.86. The molecule has 0 amide bonds. The fourth-order valence-corrected chi connectivity index (χ4v) is 0. The molecule has 0 aromatic heterocycles. The number of hydrogen-bond acceptors (Lipinski definition) is 1. The third-order valence-electron chi connectivity index (χ3n) is 0.865. The Balaban J connectivity index is 0. The summed E-state index contributed by atoms with van der Waals surface area (Å²) in [4.78, 5) is 9.60. The number of carboxylic acid groups (broad SMARTS) is 1. The Morgan fingerprint density at radius 2 is 1.90 bits per heavy atom. The topological polar surface area (TPSA) is 37.3 Å². The van der Waals surface area contributed by atoms with Crippen LogP contribution in [0.3, 0.4) is 0 Å². The molecule has 0 aliphatic heterocycles. The maximum absolute atomic E-state index is 9.60. The molecule has 0 aliphatic rings. The Bertz CT molecular complexity index is 96.2. The predicted molar refractivity (Wildman–Crippen MR) is 47.5 cm³/mol. The molecule has 1 N–H and O–H groups in total. The van der Waals surface area contributed by atoms with Crippen molar-refractivity contribution in [1.82, 2.24) is 0 Å². The summed E-state index contributed by atoms with van der Waals surface area (Å²) in [5.41, 5.74) is 0.176. The van der Waals surface area contributed by atoms with Crippen molar-refractivity contribution in [1.29, 1.82) is 0 Å². The average Bonchev–Trinajstić information content (AvgIpc) is 1.89. The first-order valence-electron chi connectivity index (χ1n) is 3.45. The van der Waals surface area contributed by atoms with Crippen molar-refractivity contribution in [2.24, 2.45) is 0 Å². The molecule has 0 aromatic rings. The Morgan fingerprint density at radius 1 is 1.70 bits per heavy atom. The monoisotopic (exact) mass is 160 g/mol. The van der Waals surface area contributed by atoms with Gasteiger partial charge in [-0.15, -0.1) is 0 Å². The lowest BCUT2D eigenvalue weighted by Gasteiger charge is -1.79. The first kappa shape index (κ1) is 12.1. The summed E-state index contributed by atoms with van der Waals surface area (Å²) in [6.45, 7) is 6.82. The minimum atomic E-state index is -0.935. The standard InChI is InChI=1S/C4H6O2.C3H10Si/c1-3(2)4(5)6;1-2-3-4/h1H2,2H3,(H,5,6);2-3H2,1,4H3. The van der Waals surface area contributed by atoms with Gasteiger partial charge in [0.2, 0.25) is 0 Å². The van der Waals surface area contributed by atoms with Crippen molar-refractivity contribution in [3.63, 3.8) is 0 Å². The summed E-state index contributed by atoms with van der Waals surface area (Å²) in [6, 6.07) is 1.46. The van der Waals surface area contributed by atoms with Crippen molar-refractivity contribution in [3.8, 4) is 0 Å². The summed E-state index contributed by atoms with van der Waals surface area (Å²) in [5.74, 6) is -0.935. The maximum Gasteiger partial charge on any atom is 0.330 e. The van der Waals surface area contributed by atoms with Gasteiger partial charge in [-0.25, -0.2) is 4.79 Å². The van der Waals surface area contributed by atoms with Gasteiger partial charge in [0.1, 0.15) is 0 Å². The largest absolute Gasteiger partial charge is 0.478 e. The highest BCUT2D eigenvalue weighted by Gasteiger charge is 1.90. The van der Waals surface area contributed by atoms with Crippen LogP contribution in [0.5, 0.6) is 0 Å². The molecule has 0 aliphatic carbocycles. The van der Waals surface area contributed by atoms with Gasteiger partial charge in [-0.3, -0.25) is 0 Å². The van der Waals surface area contributed by atoms with Gasteiger partial charge < -0.3 is 5.11 Å². The Labute approximate surface area is 65.4 Å². The molecular formula is C7H16O2Si. The third kappa shape index (κ3) is 15.7. The molecule has 0 unspecified atom stereocenters. The molecule has 0 atom stereocenters. The van der Waals surface area contributed by atoms with Crippen molar-refractivity contribution >= 4 is 16.2 Å². The third-order valence-corrected chi connectivity index (χ3v) is 1.87. The molecular weight excluding hydrogens is 144 g/mol. The highest BCUT2D eigenvalue weighted by molar-refractivity contribution is 6.08. The molecule has 0 rings (SSSR count). The summed E-state index contributed by atoms with van der Waals surface area (Å²) in [5, 5.41) is 7.89. The number of rotatable bonds is 2. The van der Waals surface area contributed by atoms with Crippen LogP contribution in [0.15, 0.2) is 12.2 Å². The minimum absolute atomic E-state index is 0.176. The summed E-state index contributed by atoms with van der Waals surface area (Å²) < 4.78 is 0. The van der Waals surface area contributed by atoms with E-state index in [0.29, 0.717) is 0 Å². The number of carboxylic acids is 1. The normalized spacial score (nSPS) is 7.80. The Kier molecular flexibility index (Phi) is 10.2. The van der Waals surface area contributed by atoms with Gasteiger partial charge in [0.25, 0.3) is 0 Å². The molecule has 3 heteroatoms. The molecule has 0 radical (unpaired) electrons. The fourth-order valence-electron chi connectivity index (χ4n) is 0. The molecule has 10 heavy (non-hydrogen) atoms. The molecule has 60 valence electrons. The van der Waals surface area contributed by atoms with E-state index in [0.717, 1.165) is 0 Å². The second kappa shape index (κ2) is 8.43. The van der Waals surface area contributed by atoms with Gasteiger partial charge in [-0.1, -0.05) is 26.0 Å². The van der Waals surface area contributed by atoms with Gasteiger partial charge in [0.15, 0.2) is 0 Å². The van der Waals surface area contributed by atoms with Gasteiger partial charge in [-0.2, -0.15) is 0 Å². The quantitative estimate of drug-likeness (QED) is 0.480. The number of aliphatic carboxylic acids is 1. The van der Waals surface area contributed by atoms with Crippen molar-refractivity contribution in [3.05, 3.63) is 12.2 Å². The summed E-state index contributed by atoms with van der Waals surface area (Å²) in [7, 11) is 1.39. The lowest BCUT2D eigenvalue weighted by Crippen LogP contribution is -1.92. The van der Waals surface area contributed by atoms with Crippen LogP contribution >= 0.6 is 0 Å². The molecule has 0 heterocycles. The Hall–Kier alpha value is -0.573. The second-order valence-corrected chi connectivity index (χ2v) is 3.09. The minimum Gasteiger partial charge on any atom is -0.478 e. The molecule has 0 fully saturated rings. The number of carbonyl (C=O) groups is 1. The van der Waals surface area contributed by atoms with Gasteiger partial charge in [0.05, 0.1) is 0 Å². The van der Waals surface area contributed by atoms with E-state index in [-0.39, 0.29) is 5.57 Å². The molecule has 0 spiro atoms. The van der Waals surface area contributed by atoms with E-state index in [4.69, 9.17) is 5.11 Å². The fraction of sp³-hybridized carbons (Fsp3) is 0.571. The smallest absolute Gasteiger partial charge is 0.330 e. The zero-order chi connectivity index (χ0) is 8.57. The van der Waals surface area contributed by atoms with Crippen LogP contribution in [-0.2, 0) is 4.79 Å². The van der Waals surface area contributed by atoms with Gasteiger partial charge in [-0.05, 0) is 6.92 Å². The van der Waals surface area contributed by atoms with Crippen LogP contribution in [0.2, 0.25) is 6.04 Å². The van der Waals surface area contributed by atoms with Crippen molar-refractivity contribution in [2.45, 2.75) is 26.3 Å². The van der Waals surface area contributed by atoms with Crippen LogP contribution in [0.1, 0.15) is 20.3 Å². The van der Waals surface area contributed by atoms with Crippen LogP contribution < -0.4 is 0 Å². The molecule has 0 saturated carbocycles. The van der Waals surface area contributed by atoms with E-state index in [2.05, 4.69) is 13.5 Å².